The predicted octanol–water partition coefficient (Wildman–Crippen LogP) is 4.84. The van der Waals surface area contributed by atoms with Gasteiger partial charge in [0.1, 0.15) is 5.75 Å². The molecule has 28 heavy (non-hydrogen) atoms. The Kier molecular flexibility index (Phi) is 5.42. The Bertz CT molecular complexity index is 981. The highest BCUT2D eigenvalue weighted by Gasteiger charge is 2.21. The van der Waals surface area contributed by atoms with Crippen LogP contribution < -0.4 is 4.90 Å². The number of halogens is 1. The zero-order valence-corrected chi connectivity index (χ0v) is 17.1. The summed E-state index contributed by atoms with van der Waals surface area (Å²) >= 11 is 6.10. The number of pyridine rings is 1. The fraction of sp³-hybridized carbons (Fsp3) is 0.348. The van der Waals surface area contributed by atoms with Crippen LogP contribution in [-0.2, 0) is 0 Å². The molecule has 4 rings (SSSR count). The van der Waals surface area contributed by atoms with Gasteiger partial charge in [0.25, 0.3) is 0 Å². The molecule has 0 unspecified atom stereocenters. The zero-order valence-electron chi connectivity index (χ0n) is 16.3. The molecule has 3 aromatic rings. The van der Waals surface area contributed by atoms with Crippen molar-refractivity contribution in [3.05, 3.63) is 53.7 Å². The second-order valence-corrected chi connectivity index (χ2v) is 8.25. The van der Waals surface area contributed by atoms with Crippen LogP contribution >= 0.6 is 11.6 Å². The summed E-state index contributed by atoms with van der Waals surface area (Å²) in [6, 6.07) is 14.9. The molecule has 1 fully saturated rings. The first-order chi connectivity index (χ1) is 13.5. The Morgan fingerprint density at radius 3 is 2.57 bits per heavy atom. The van der Waals surface area contributed by atoms with E-state index in [4.69, 9.17) is 11.6 Å². The average molecular weight is 395 g/mol. The van der Waals surface area contributed by atoms with Crippen molar-refractivity contribution in [3.63, 3.8) is 0 Å². The number of piperidine rings is 1. The molecule has 5 heteroatoms. The smallest absolute Gasteiger partial charge is 0.134 e. The SMILES string of the molecule is CN(C)CC1CCN(c2[c]cnc3ccc(-c4ccc(O)c(Cl)c4)cc23)CC1. The van der Waals surface area contributed by atoms with E-state index in [1.807, 2.05) is 18.2 Å². The summed E-state index contributed by atoms with van der Waals surface area (Å²) in [5, 5.41) is 11.2. The van der Waals surface area contributed by atoms with E-state index in [0.29, 0.717) is 5.02 Å². The van der Waals surface area contributed by atoms with E-state index >= 15 is 0 Å². The van der Waals surface area contributed by atoms with Crippen molar-refractivity contribution >= 4 is 28.2 Å². The second-order valence-electron chi connectivity index (χ2n) is 7.84. The normalized spacial score (nSPS) is 15.5. The van der Waals surface area contributed by atoms with Crippen LogP contribution in [0.25, 0.3) is 22.0 Å². The third-order valence-electron chi connectivity index (χ3n) is 5.49. The maximum atomic E-state index is 9.70. The molecule has 0 saturated carbocycles. The number of nitrogens with zero attached hydrogens (tertiary/aromatic N) is 3. The lowest BCUT2D eigenvalue weighted by atomic mass is 9.95. The molecule has 4 nitrogen and oxygen atoms in total. The lowest BCUT2D eigenvalue weighted by Gasteiger charge is -2.35. The molecule has 1 saturated heterocycles. The maximum Gasteiger partial charge on any atom is 0.134 e. The van der Waals surface area contributed by atoms with E-state index in [9.17, 15) is 5.11 Å². The summed E-state index contributed by atoms with van der Waals surface area (Å²) in [5.41, 5.74) is 4.13. The van der Waals surface area contributed by atoms with Gasteiger partial charge in [-0.15, -0.1) is 0 Å². The van der Waals surface area contributed by atoms with Gasteiger partial charge in [-0.1, -0.05) is 23.7 Å². The van der Waals surface area contributed by atoms with Crippen LogP contribution in [-0.4, -0.2) is 48.7 Å². The number of aromatic nitrogens is 1. The fourth-order valence-electron chi connectivity index (χ4n) is 4.06. The summed E-state index contributed by atoms with van der Waals surface area (Å²) in [6.45, 7) is 3.24. The first-order valence-corrected chi connectivity index (χ1v) is 10.1. The molecule has 0 spiro atoms. The van der Waals surface area contributed by atoms with Crippen molar-refractivity contribution in [2.45, 2.75) is 12.8 Å². The van der Waals surface area contributed by atoms with E-state index in [0.717, 1.165) is 53.3 Å². The van der Waals surface area contributed by atoms with E-state index in [1.165, 1.54) is 12.8 Å². The Labute approximate surface area is 171 Å². The van der Waals surface area contributed by atoms with E-state index in [2.05, 4.69) is 41.0 Å². The summed E-state index contributed by atoms with van der Waals surface area (Å²) in [4.78, 5) is 9.22. The third-order valence-corrected chi connectivity index (χ3v) is 5.79. The molecule has 0 bridgehead atoms. The van der Waals surface area contributed by atoms with E-state index in [-0.39, 0.29) is 5.75 Å². The quantitative estimate of drug-likeness (QED) is 0.687. The highest BCUT2D eigenvalue weighted by Crippen LogP contribution is 2.34. The second kappa shape index (κ2) is 7.98. The molecule has 2 heterocycles. The first kappa shape index (κ1) is 19.0. The summed E-state index contributed by atoms with van der Waals surface area (Å²) in [6.07, 6.45) is 4.17. The number of hydrogen-bond donors (Lipinski definition) is 1. The molecular weight excluding hydrogens is 370 g/mol. The molecule has 1 aliphatic rings. The van der Waals surface area contributed by atoms with Gasteiger partial charge >= 0.3 is 0 Å². The molecule has 0 atom stereocenters. The molecule has 145 valence electrons. The Morgan fingerprint density at radius 2 is 1.86 bits per heavy atom. The van der Waals surface area contributed by atoms with Crippen LogP contribution in [0.4, 0.5) is 5.69 Å². The van der Waals surface area contributed by atoms with Crippen molar-refractivity contribution in [1.82, 2.24) is 9.88 Å². The number of fused-ring (bicyclic) bond motifs is 1. The lowest BCUT2D eigenvalue weighted by molar-refractivity contribution is 0.285. The minimum Gasteiger partial charge on any atom is -0.506 e. The van der Waals surface area contributed by atoms with Crippen molar-refractivity contribution in [2.75, 3.05) is 38.6 Å². The van der Waals surface area contributed by atoms with Crippen molar-refractivity contribution in [2.24, 2.45) is 5.92 Å². The minimum atomic E-state index is 0.0995. The van der Waals surface area contributed by atoms with Crippen LogP contribution in [0.15, 0.2) is 42.6 Å². The Balaban J connectivity index is 1.65. The number of rotatable bonds is 4. The van der Waals surface area contributed by atoms with Gasteiger partial charge in [-0.2, -0.15) is 0 Å². The number of aromatic hydroxyl groups is 1. The van der Waals surface area contributed by atoms with Gasteiger partial charge < -0.3 is 14.9 Å². The maximum absolute atomic E-state index is 9.70. The van der Waals surface area contributed by atoms with Gasteiger partial charge in [0, 0.05) is 37.3 Å². The fourth-order valence-corrected chi connectivity index (χ4v) is 4.24. The highest BCUT2D eigenvalue weighted by atomic mass is 35.5. The number of phenolic OH excluding ortho intramolecular Hbond substituents is 1. The Hall–Kier alpha value is -2.30. The standard InChI is InChI=1S/C23H25ClN3O/c1-26(2)15-16-8-11-27(12-9-16)22-7-10-25-21-5-3-17(13-19(21)22)18-4-6-23(28)20(24)14-18/h3-6,10,13-14,16,28H,8-9,11-12,15H2,1-2H3. The topological polar surface area (TPSA) is 39.6 Å². The van der Waals surface area contributed by atoms with Crippen LogP contribution in [0, 0.1) is 12.0 Å². The van der Waals surface area contributed by atoms with Gasteiger partial charge in [-0.3, -0.25) is 4.98 Å². The first-order valence-electron chi connectivity index (χ1n) is 9.70. The molecule has 1 N–H and O–H groups in total. The minimum absolute atomic E-state index is 0.0995. The van der Waals surface area contributed by atoms with Crippen molar-refractivity contribution < 1.29 is 5.11 Å². The number of hydrogen-bond acceptors (Lipinski definition) is 4. The largest absolute Gasteiger partial charge is 0.506 e. The summed E-state index contributed by atoms with van der Waals surface area (Å²) in [7, 11) is 4.29. The number of anilines is 1. The van der Waals surface area contributed by atoms with E-state index < -0.39 is 0 Å². The van der Waals surface area contributed by atoms with Crippen LogP contribution in [0.3, 0.4) is 0 Å². The third kappa shape index (κ3) is 3.94. The average Bonchev–Trinajstić information content (AvgIpc) is 2.69. The van der Waals surface area contributed by atoms with Crippen LogP contribution in [0.2, 0.25) is 5.02 Å². The molecule has 0 aliphatic carbocycles. The highest BCUT2D eigenvalue weighted by molar-refractivity contribution is 6.32. The summed E-state index contributed by atoms with van der Waals surface area (Å²) < 4.78 is 0. The van der Waals surface area contributed by atoms with Gasteiger partial charge in [0.05, 0.1) is 16.2 Å². The molecule has 1 aromatic heterocycles. The number of benzene rings is 2. The molecular formula is C23H25ClN3O. The Morgan fingerprint density at radius 1 is 1.14 bits per heavy atom. The molecule has 0 amide bonds. The summed E-state index contributed by atoms with van der Waals surface area (Å²) in [5.74, 6) is 0.858. The van der Waals surface area contributed by atoms with Gasteiger partial charge in [-0.05, 0) is 68.2 Å². The monoisotopic (exact) mass is 394 g/mol. The van der Waals surface area contributed by atoms with E-state index in [1.54, 1.807) is 18.3 Å². The van der Waals surface area contributed by atoms with Crippen LogP contribution in [0.1, 0.15) is 12.8 Å². The number of phenols is 1. The molecule has 1 aliphatic heterocycles. The van der Waals surface area contributed by atoms with Crippen molar-refractivity contribution in [1.29, 1.82) is 0 Å². The predicted molar refractivity (Wildman–Crippen MR) is 116 cm³/mol. The lowest BCUT2D eigenvalue weighted by Crippen LogP contribution is -2.37. The van der Waals surface area contributed by atoms with Crippen molar-refractivity contribution in [3.8, 4) is 16.9 Å². The van der Waals surface area contributed by atoms with Gasteiger partial charge in [0.2, 0.25) is 0 Å². The van der Waals surface area contributed by atoms with Gasteiger partial charge in [0.15, 0.2) is 0 Å². The van der Waals surface area contributed by atoms with Crippen LogP contribution in [0.5, 0.6) is 5.75 Å². The molecule has 2 aromatic carbocycles. The van der Waals surface area contributed by atoms with Gasteiger partial charge in [-0.25, -0.2) is 0 Å². The molecule has 1 radical (unpaired) electrons. The zero-order chi connectivity index (χ0) is 19.7.